The quantitative estimate of drug-likeness (QED) is 0.791. The number of hydrogen-bond donors (Lipinski definition) is 2. The predicted octanol–water partition coefficient (Wildman–Crippen LogP) is 0.769. The van der Waals surface area contributed by atoms with Crippen molar-refractivity contribution in [3.8, 4) is 0 Å². The Morgan fingerprint density at radius 1 is 1.50 bits per heavy atom. The fourth-order valence-electron chi connectivity index (χ4n) is 2.23. The monoisotopic (exact) mass is 223 g/mol. The van der Waals surface area contributed by atoms with Crippen LogP contribution in [0.25, 0.3) is 0 Å². The van der Waals surface area contributed by atoms with Crippen molar-refractivity contribution in [2.45, 2.75) is 38.8 Å². The lowest BCUT2D eigenvalue weighted by Crippen LogP contribution is -2.30. The molecule has 1 saturated heterocycles. The molecule has 0 radical (unpaired) electrons. The van der Waals surface area contributed by atoms with Gasteiger partial charge in [0.2, 0.25) is 0 Å². The standard InChI is InChI=1S/C11H21N5/c1-2-16-6-3-4-10(5-7-16)12-8-11-13-9-14-15-11/h9-10,12H,2-8H2,1H3,(H,13,14,15). The fourth-order valence-corrected chi connectivity index (χ4v) is 2.23. The van der Waals surface area contributed by atoms with Crippen LogP contribution in [0.2, 0.25) is 0 Å². The minimum absolute atomic E-state index is 0.627. The smallest absolute Gasteiger partial charge is 0.138 e. The summed E-state index contributed by atoms with van der Waals surface area (Å²) in [6.07, 6.45) is 5.36. The van der Waals surface area contributed by atoms with Gasteiger partial charge in [0.05, 0.1) is 6.54 Å². The number of aromatic amines is 1. The van der Waals surface area contributed by atoms with E-state index in [1.165, 1.54) is 38.9 Å². The van der Waals surface area contributed by atoms with Crippen LogP contribution < -0.4 is 5.32 Å². The van der Waals surface area contributed by atoms with E-state index in [-0.39, 0.29) is 0 Å². The third-order valence-electron chi connectivity index (χ3n) is 3.29. The molecule has 1 fully saturated rings. The van der Waals surface area contributed by atoms with Crippen molar-refractivity contribution in [1.29, 1.82) is 0 Å². The van der Waals surface area contributed by atoms with E-state index in [0.29, 0.717) is 6.04 Å². The third kappa shape index (κ3) is 3.28. The van der Waals surface area contributed by atoms with Crippen molar-refractivity contribution in [3.05, 3.63) is 12.2 Å². The molecule has 16 heavy (non-hydrogen) atoms. The first-order valence-electron chi connectivity index (χ1n) is 6.18. The van der Waals surface area contributed by atoms with E-state index >= 15 is 0 Å². The molecule has 1 aromatic heterocycles. The molecule has 0 spiro atoms. The topological polar surface area (TPSA) is 56.8 Å². The summed E-state index contributed by atoms with van der Waals surface area (Å²) in [4.78, 5) is 6.64. The molecule has 2 heterocycles. The average molecular weight is 223 g/mol. The maximum absolute atomic E-state index is 4.12. The Morgan fingerprint density at radius 2 is 2.44 bits per heavy atom. The van der Waals surface area contributed by atoms with Crippen LogP contribution in [0.3, 0.4) is 0 Å². The minimum atomic E-state index is 0.627. The van der Waals surface area contributed by atoms with Gasteiger partial charge in [-0.1, -0.05) is 6.92 Å². The number of nitrogens with zero attached hydrogens (tertiary/aromatic N) is 3. The van der Waals surface area contributed by atoms with Crippen molar-refractivity contribution < 1.29 is 0 Å². The molecular weight excluding hydrogens is 202 g/mol. The van der Waals surface area contributed by atoms with Gasteiger partial charge in [-0.2, -0.15) is 5.10 Å². The summed E-state index contributed by atoms with van der Waals surface area (Å²) < 4.78 is 0. The van der Waals surface area contributed by atoms with Crippen LogP contribution in [0, 0.1) is 0 Å². The van der Waals surface area contributed by atoms with Crippen LogP contribution in [-0.4, -0.2) is 45.8 Å². The van der Waals surface area contributed by atoms with Crippen molar-refractivity contribution >= 4 is 0 Å². The predicted molar refractivity (Wildman–Crippen MR) is 63.0 cm³/mol. The van der Waals surface area contributed by atoms with Crippen LogP contribution in [0.5, 0.6) is 0 Å². The summed E-state index contributed by atoms with van der Waals surface area (Å²) in [6, 6.07) is 0.627. The highest BCUT2D eigenvalue weighted by molar-refractivity contribution is 4.82. The summed E-state index contributed by atoms with van der Waals surface area (Å²) >= 11 is 0. The maximum atomic E-state index is 4.12. The molecule has 1 atom stereocenters. The Balaban J connectivity index is 1.73. The van der Waals surface area contributed by atoms with E-state index in [1.54, 1.807) is 6.33 Å². The highest BCUT2D eigenvalue weighted by atomic mass is 15.2. The zero-order chi connectivity index (χ0) is 11.2. The normalized spacial score (nSPS) is 23.2. The van der Waals surface area contributed by atoms with Gasteiger partial charge in [-0.3, -0.25) is 5.10 Å². The molecule has 2 N–H and O–H groups in total. The largest absolute Gasteiger partial charge is 0.307 e. The van der Waals surface area contributed by atoms with Crippen LogP contribution >= 0.6 is 0 Å². The minimum Gasteiger partial charge on any atom is -0.307 e. The van der Waals surface area contributed by atoms with Gasteiger partial charge < -0.3 is 10.2 Å². The average Bonchev–Trinajstić information content (AvgIpc) is 2.72. The zero-order valence-electron chi connectivity index (χ0n) is 9.95. The number of nitrogens with one attached hydrogen (secondary N) is 2. The molecular formula is C11H21N5. The van der Waals surface area contributed by atoms with E-state index < -0.39 is 0 Å². The Bertz CT molecular complexity index is 285. The van der Waals surface area contributed by atoms with Gasteiger partial charge in [0.1, 0.15) is 12.2 Å². The van der Waals surface area contributed by atoms with Gasteiger partial charge >= 0.3 is 0 Å². The molecule has 5 nitrogen and oxygen atoms in total. The molecule has 1 aromatic rings. The molecule has 1 aliphatic heterocycles. The number of aromatic nitrogens is 3. The van der Waals surface area contributed by atoms with Gasteiger partial charge in [-0.25, -0.2) is 4.98 Å². The number of likely N-dealkylation sites (tertiary alicyclic amines) is 1. The fraction of sp³-hybridized carbons (Fsp3) is 0.818. The summed E-state index contributed by atoms with van der Waals surface area (Å²) in [5, 5.41) is 10.3. The Hall–Kier alpha value is -0.940. The highest BCUT2D eigenvalue weighted by Crippen LogP contribution is 2.10. The molecule has 0 aromatic carbocycles. The molecule has 1 aliphatic rings. The lowest BCUT2D eigenvalue weighted by atomic mass is 10.1. The van der Waals surface area contributed by atoms with Crippen molar-refractivity contribution in [3.63, 3.8) is 0 Å². The molecule has 5 heteroatoms. The second kappa shape index (κ2) is 5.96. The molecule has 0 aliphatic carbocycles. The number of hydrogen-bond acceptors (Lipinski definition) is 4. The lowest BCUT2D eigenvalue weighted by molar-refractivity contribution is 0.297. The first-order chi connectivity index (χ1) is 7.88. The highest BCUT2D eigenvalue weighted by Gasteiger charge is 2.15. The molecule has 2 rings (SSSR count). The van der Waals surface area contributed by atoms with Crippen molar-refractivity contribution in [2.75, 3.05) is 19.6 Å². The molecule has 90 valence electrons. The Kier molecular flexibility index (Phi) is 4.30. The molecule has 0 bridgehead atoms. The first kappa shape index (κ1) is 11.5. The second-order valence-electron chi connectivity index (χ2n) is 4.38. The van der Waals surface area contributed by atoms with Crippen LogP contribution in [0.15, 0.2) is 6.33 Å². The van der Waals surface area contributed by atoms with E-state index in [1.807, 2.05) is 0 Å². The van der Waals surface area contributed by atoms with E-state index in [9.17, 15) is 0 Å². The second-order valence-corrected chi connectivity index (χ2v) is 4.38. The summed E-state index contributed by atoms with van der Waals surface area (Å²) in [5.41, 5.74) is 0. The van der Waals surface area contributed by atoms with Crippen molar-refractivity contribution in [2.24, 2.45) is 0 Å². The van der Waals surface area contributed by atoms with E-state index in [2.05, 4.69) is 32.3 Å². The van der Waals surface area contributed by atoms with Gasteiger partial charge in [-0.15, -0.1) is 0 Å². The SMILES string of the molecule is CCN1CCCC(NCc2ncn[nH]2)CC1. The van der Waals surface area contributed by atoms with Gasteiger partial charge in [0, 0.05) is 6.04 Å². The van der Waals surface area contributed by atoms with Gasteiger partial charge in [0.25, 0.3) is 0 Å². The maximum Gasteiger partial charge on any atom is 0.138 e. The van der Waals surface area contributed by atoms with Crippen LogP contribution in [-0.2, 0) is 6.54 Å². The summed E-state index contributed by atoms with van der Waals surface area (Å²) in [5.74, 6) is 0.927. The van der Waals surface area contributed by atoms with E-state index in [4.69, 9.17) is 0 Å². The first-order valence-corrected chi connectivity index (χ1v) is 6.18. The van der Waals surface area contributed by atoms with Crippen LogP contribution in [0.4, 0.5) is 0 Å². The lowest BCUT2D eigenvalue weighted by Gasteiger charge is -2.17. The molecule has 0 saturated carbocycles. The summed E-state index contributed by atoms with van der Waals surface area (Å²) in [7, 11) is 0. The number of rotatable bonds is 4. The molecule has 0 amide bonds. The van der Waals surface area contributed by atoms with Crippen LogP contribution in [0.1, 0.15) is 32.0 Å². The Morgan fingerprint density at radius 3 is 3.19 bits per heavy atom. The van der Waals surface area contributed by atoms with E-state index in [0.717, 1.165) is 12.4 Å². The zero-order valence-corrected chi connectivity index (χ0v) is 9.95. The molecule has 1 unspecified atom stereocenters. The summed E-state index contributed by atoms with van der Waals surface area (Å²) in [6.45, 7) is 6.68. The van der Waals surface area contributed by atoms with Crippen molar-refractivity contribution in [1.82, 2.24) is 25.4 Å². The third-order valence-corrected chi connectivity index (χ3v) is 3.29. The van der Waals surface area contributed by atoms with Gasteiger partial charge in [-0.05, 0) is 38.9 Å². The number of H-pyrrole nitrogens is 1. The van der Waals surface area contributed by atoms with Gasteiger partial charge in [0.15, 0.2) is 0 Å². The Labute approximate surface area is 96.6 Å².